The van der Waals surface area contributed by atoms with Crippen molar-refractivity contribution in [2.24, 2.45) is 0 Å². The zero-order valence-corrected chi connectivity index (χ0v) is 12.3. The van der Waals surface area contributed by atoms with E-state index in [4.69, 9.17) is 4.42 Å². The molecule has 7 nitrogen and oxygen atoms in total. The molecule has 0 aliphatic carbocycles. The summed E-state index contributed by atoms with van der Waals surface area (Å²) in [7, 11) is 0. The summed E-state index contributed by atoms with van der Waals surface area (Å²) in [5.41, 5.74) is 1.25. The minimum absolute atomic E-state index is 0.115. The van der Waals surface area contributed by atoms with Crippen molar-refractivity contribution < 1.29 is 4.42 Å². The lowest BCUT2D eigenvalue weighted by Gasteiger charge is -2.15. The molecule has 0 aromatic carbocycles. The molecule has 0 amide bonds. The van der Waals surface area contributed by atoms with Gasteiger partial charge in [0.2, 0.25) is 0 Å². The van der Waals surface area contributed by atoms with Crippen molar-refractivity contribution in [1.29, 1.82) is 0 Å². The van der Waals surface area contributed by atoms with E-state index in [-0.39, 0.29) is 11.7 Å². The standard InChI is InChI=1S/C15H17N5O2/c1-10-2-3-12(22-10)8-19-5-4-11(7-19)20-14-13(18-15(20)21)6-16-9-17-14/h2-3,6,9,11H,4-5,7-8H2,1H3,(H,18,21)/t11-/m0/s1. The SMILES string of the molecule is Cc1ccc(CN2CC[C@H](n3c(=O)[nH]c4cncnc43)C2)o1. The Morgan fingerprint density at radius 1 is 1.45 bits per heavy atom. The van der Waals surface area contributed by atoms with E-state index < -0.39 is 0 Å². The Balaban J connectivity index is 1.57. The summed E-state index contributed by atoms with van der Waals surface area (Å²) in [6, 6.07) is 4.12. The number of nitrogens with zero attached hydrogens (tertiary/aromatic N) is 4. The fourth-order valence-electron chi connectivity index (χ4n) is 3.17. The average Bonchev–Trinajstić information content (AvgIpc) is 3.18. The molecular formula is C15H17N5O2. The highest BCUT2D eigenvalue weighted by molar-refractivity contribution is 5.69. The molecule has 4 heterocycles. The van der Waals surface area contributed by atoms with E-state index in [1.807, 2.05) is 19.1 Å². The van der Waals surface area contributed by atoms with Crippen LogP contribution in [0.1, 0.15) is 24.0 Å². The van der Waals surface area contributed by atoms with Crippen molar-refractivity contribution in [3.05, 3.63) is 46.7 Å². The van der Waals surface area contributed by atoms with Crippen LogP contribution in [-0.4, -0.2) is 37.5 Å². The average molecular weight is 299 g/mol. The maximum Gasteiger partial charge on any atom is 0.328 e. The largest absolute Gasteiger partial charge is 0.465 e. The van der Waals surface area contributed by atoms with Gasteiger partial charge in [-0.1, -0.05) is 0 Å². The van der Waals surface area contributed by atoms with Crippen LogP contribution < -0.4 is 5.69 Å². The molecule has 7 heteroatoms. The monoisotopic (exact) mass is 299 g/mol. The van der Waals surface area contributed by atoms with Gasteiger partial charge in [-0.05, 0) is 25.5 Å². The molecule has 0 bridgehead atoms. The van der Waals surface area contributed by atoms with Gasteiger partial charge >= 0.3 is 5.69 Å². The molecule has 1 aliphatic heterocycles. The molecule has 0 radical (unpaired) electrons. The number of fused-ring (bicyclic) bond motifs is 1. The summed E-state index contributed by atoms with van der Waals surface area (Å²) < 4.78 is 7.38. The summed E-state index contributed by atoms with van der Waals surface area (Å²) in [5, 5.41) is 0. The van der Waals surface area contributed by atoms with Crippen LogP contribution in [0, 0.1) is 6.92 Å². The molecule has 22 heavy (non-hydrogen) atoms. The molecule has 1 saturated heterocycles. The van der Waals surface area contributed by atoms with Crippen molar-refractivity contribution in [3.63, 3.8) is 0 Å². The second-order valence-electron chi connectivity index (χ2n) is 5.75. The normalized spacial score (nSPS) is 19.2. The minimum atomic E-state index is -0.115. The van der Waals surface area contributed by atoms with Crippen LogP contribution in [0.4, 0.5) is 0 Å². The number of H-pyrrole nitrogens is 1. The molecule has 1 fully saturated rings. The predicted molar refractivity (Wildman–Crippen MR) is 80.5 cm³/mol. The number of likely N-dealkylation sites (tertiary alicyclic amines) is 1. The van der Waals surface area contributed by atoms with Crippen LogP contribution in [0.3, 0.4) is 0 Å². The number of rotatable bonds is 3. The molecule has 1 N–H and O–H groups in total. The van der Waals surface area contributed by atoms with E-state index in [0.717, 1.165) is 37.6 Å². The smallest absolute Gasteiger partial charge is 0.328 e. The van der Waals surface area contributed by atoms with Gasteiger partial charge in [0.15, 0.2) is 5.65 Å². The first-order chi connectivity index (χ1) is 10.7. The third-order valence-electron chi connectivity index (χ3n) is 4.17. The van der Waals surface area contributed by atoms with Crippen LogP contribution in [0.5, 0.6) is 0 Å². The van der Waals surface area contributed by atoms with Gasteiger partial charge in [-0.25, -0.2) is 14.8 Å². The van der Waals surface area contributed by atoms with E-state index in [1.165, 1.54) is 6.33 Å². The Bertz CT molecular complexity index is 862. The van der Waals surface area contributed by atoms with Gasteiger partial charge in [0.05, 0.1) is 18.8 Å². The Morgan fingerprint density at radius 3 is 3.18 bits per heavy atom. The van der Waals surface area contributed by atoms with Crippen LogP contribution in [-0.2, 0) is 6.54 Å². The van der Waals surface area contributed by atoms with Crippen LogP contribution >= 0.6 is 0 Å². The number of aromatic nitrogens is 4. The van der Waals surface area contributed by atoms with Gasteiger partial charge in [-0.2, -0.15) is 0 Å². The minimum Gasteiger partial charge on any atom is -0.465 e. The molecule has 1 atom stereocenters. The first kappa shape index (κ1) is 13.3. The molecule has 0 spiro atoms. The van der Waals surface area contributed by atoms with Gasteiger partial charge < -0.3 is 9.40 Å². The maximum atomic E-state index is 12.2. The van der Waals surface area contributed by atoms with Gasteiger partial charge in [0, 0.05) is 13.1 Å². The Morgan fingerprint density at radius 2 is 2.36 bits per heavy atom. The Labute approximate surface area is 126 Å². The summed E-state index contributed by atoms with van der Waals surface area (Å²) in [6.45, 7) is 4.48. The zero-order chi connectivity index (χ0) is 15.1. The van der Waals surface area contributed by atoms with E-state index in [0.29, 0.717) is 11.2 Å². The van der Waals surface area contributed by atoms with Gasteiger partial charge in [0.1, 0.15) is 23.4 Å². The molecule has 1 aliphatic rings. The predicted octanol–water partition coefficient (Wildman–Crippen LogP) is 1.47. The number of furan rings is 1. The van der Waals surface area contributed by atoms with Crippen molar-refractivity contribution >= 4 is 11.2 Å². The van der Waals surface area contributed by atoms with Gasteiger partial charge in [-0.15, -0.1) is 0 Å². The molecular weight excluding hydrogens is 282 g/mol. The third-order valence-corrected chi connectivity index (χ3v) is 4.17. The molecule has 3 aromatic rings. The lowest BCUT2D eigenvalue weighted by molar-refractivity contribution is 0.284. The summed E-state index contributed by atoms with van der Waals surface area (Å²) in [4.78, 5) is 25.5. The highest BCUT2D eigenvalue weighted by Crippen LogP contribution is 2.24. The lowest BCUT2D eigenvalue weighted by atomic mass is 10.2. The van der Waals surface area contributed by atoms with E-state index in [1.54, 1.807) is 10.8 Å². The molecule has 0 saturated carbocycles. The van der Waals surface area contributed by atoms with Crippen molar-refractivity contribution in [3.8, 4) is 0 Å². The zero-order valence-electron chi connectivity index (χ0n) is 12.3. The molecule has 0 unspecified atom stereocenters. The number of aromatic amines is 1. The fourth-order valence-corrected chi connectivity index (χ4v) is 3.17. The first-order valence-corrected chi connectivity index (χ1v) is 7.38. The second-order valence-corrected chi connectivity index (χ2v) is 5.75. The van der Waals surface area contributed by atoms with Crippen LogP contribution in [0.15, 0.2) is 33.9 Å². The fraction of sp³-hybridized carbons (Fsp3) is 0.400. The van der Waals surface area contributed by atoms with Crippen molar-refractivity contribution in [2.75, 3.05) is 13.1 Å². The van der Waals surface area contributed by atoms with Crippen molar-refractivity contribution in [2.45, 2.75) is 25.9 Å². The maximum absolute atomic E-state index is 12.2. The number of hydrogen-bond acceptors (Lipinski definition) is 5. The highest BCUT2D eigenvalue weighted by Gasteiger charge is 2.27. The molecule has 4 rings (SSSR count). The first-order valence-electron chi connectivity index (χ1n) is 7.38. The molecule has 3 aromatic heterocycles. The summed E-state index contributed by atoms with van der Waals surface area (Å²) in [5.74, 6) is 1.89. The summed E-state index contributed by atoms with van der Waals surface area (Å²) in [6.07, 6.45) is 4.04. The Kier molecular flexibility index (Phi) is 3.07. The lowest BCUT2D eigenvalue weighted by Crippen LogP contribution is -2.26. The molecule has 114 valence electrons. The van der Waals surface area contributed by atoms with E-state index in [2.05, 4.69) is 19.9 Å². The number of hydrogen-bond donors (Lipinski definition) is 1. The van der Waals surface area contributed by atoms with Gasteiger partial charge in [-0.3, -0.25) is 9.47 Å². The van der Waals surface area contributed by atoms with Crippen molar-refractivity contribution in [1.82, 2.24) is 24.4 Å². The summed E-state index contributed by atoms with van der Waals surface area (Å²) >= 11 is 0. The third kappa shape index (κ3) is 2.23. The second kappa shape index (κ2) is 5.10. The van der Waals surface area contributed by atoms with Gasteiger partial charge in [0.25, 0.3) is 0 Å². The van der Waals surface area contributed by atoms with E-state index in [9.17, 15) is 4.79 Å². The number of nitrogens with one attached hydrogen (secondary N) is 1. The van der Waals surface area contributed by atoms with E-state index >= 15 is 0 Å². The quantitative estimate of drug-likeness (QED) is 0.792. The highest BCUT2D eigenvalue weighted by atomic mass is 16.3. The topological polar surface area (TPSA) is 80.0 Å². The number of aryl methyl sites for hydroxylation is 1. The Hall–Kier alpha value is -2.41. The van der Waals surface area contributed by atoms with Crippen LogP contribution in [0.25, 0.3) is 11.2 Å². The number of imidazole rings is 1. The van der Waals surface area contributed by atoms with Crippen LogP contribution in [0.2, 0.25) is 0 Å².